The van der Waals surface area contributed by atoms with Gasteiger partial charge in [0, 0.05) is 17.8 Å². The monoisotopic (exact) mass is 334 g/mol. The Kier molecular flexibility index (Phi) is 6.12. The zero-order chi connectivity index (χ0) is 17.0. The molecule has 0 heterocycles. The van der Waals surface area contributed by atoms with Crippen molar-refractivity contribution in [2.24, 2.45) is 17.8 Å². The first kappa shape index (κ1) is 18.1. The van der Waals surface area contributed by atoms with Gasteiger partial charge in [-0.05, 0) is 38.5 Å². The van der Waals surface area contributed by atoms with Crippen LogP contribution in [-0.2, 0) is 9.59 Å². The van der Waals surface area contributed by atoms with Gasteiger partial charge >= 0.3 is 0 Å². The molecule has 0 aromatic rings. The summed E-state index contributed by atoms with van der Waals surface area (Å²) in [5.74, 6) is -0.513. The number of ketones is 2. The average molecular weight is 335 g/mol. The standard InChI is InChI=1S/C21H34O3/c22-19(16-10-4-1-5-11-16)21(24,18-14-8-3-9-15-18)20(23)17-12-6-2-7-13-17/h16-18,24H,1-15H2. The Morgan fingerprint density at radius 3 is 1.29 bits per heavy atom. The van der Waals surface area contributed by atoms with Gasteiger partial charge in [-0.3, -0.25) is 9.59 Å². The maximum Gasteiger partial charge on any atom is 0.184 e. The molecule has 3 nitrogen and oxygen atoms in total. The summed E-state index contributed by atoms with van der Waals surface area (Å²) in [6, 6.07) is 0. The molecule has 0 unspecified atom stereocenters. The van der Waals surface area contributed by atoms with Crippen molar-refractivity contribution in [3.8, 4) is 0 Å². The van der Waals surface area contributed by atoms with Gasteiger partial charge in [-0.1, -0.05) is 57.8 Å². The minimum absolute atomic E-state index is 0.0850. The Morgan fingerprint density at radius 2 is 0.917 bits per heavy atom. The summed E-state index contributed by atoms with van der Waals surface area (Å²) in [6.07, 6.45) is 15.0. The lowest BCUT2D eigenvalue weighted by Gasteiger charge is -2.41. The van der Waals surface area contributed by atoms with Crippen LogP contribution in [0.5, 0.6) is 0 Å². The van der Waals surface area contributed by atoms with Crippen molar-refractivity contribution in [2.45, 2.75) is 102 Å². The van der Waals surface area contributed by atoms with E-state index in [0.717, 1.165) is 77.0 Å². The highest BCUT2D eigenvalue weighted by Gasteiger charge is 2.53. The van der Waals surface area contributed by atoms with Crippen molar-refractivity contribution in [1.29, 1.82) is 0 Å². The average Bonchev–Trinajstić information content (AvgIpc) is 2.68. The Balaban J connectivity index is 1.83. The fourth-order valence-corrected chi connectivity index (χ4v) is 5.40. The number of aliphatic hydroxyl groups is 1. The molecule has 3 aliphatic rings. The first-order valence-electron chi connectivity index (χ1n) is 10.4. The van der Waals surface area contributed by atoms with Crippen molar-refractivity contribution < 1.29 is 14.7 Å². The summed E-state index contributed by atoms with van der Waals surface area (Å²) in [7, 11) is 0. The second kappa shape index (κ2) is 8.12. The van der Waals surface area contributed by atoms with Crippen LogP contribution in [0.15, 0.2) is 0 Å². The number of hydrogen-bond acceptors (Lipinski definition) is 3. The number of carbonyl (C=O) groups excluding carboxylic acids is 2. The van der Waals surface area contributed by atoms with Crippen molar-refractivity contribution in [1.82, 2.24) is 0 Å². The molecule has 3 heteroatoms. The van der Waals surface area contributed by atoms with E-state index in [9.17, 15) is 14.7 Å². The van der Waals surface area contributed by atoms with E-state index in [1.165, 1.54) is 19.3 Å². The molecule has 0 bridgehead atoms. The molecule has 3 saturated carbocycles. The van der Waals surface area contributed by atoms with Gasteiger partial charge in [0.1, 0.15) is 0 Å². The third kappa shape index (κ3) is 3.61. The van der Waals surface area contributed by atoms with Gasteiger partial charge in [0.2, 0.25) is 0 Å². The fourth-order valence-electron chi connectivity index (χ4n) is 5.40. The Morgan fingerprint density at radius 1 is 0.583 bits per heavy atom. The normalized spacial score (nSPS) is 25.5. The third-order valence-corrected chi connectivity index (χ3v) is 6.90. The van der Waals surface area contributed by atoms with Gasteiger partial charge in [-0.2, -0.15) is 0 Å². The Bertz CT molecular complexity index is 408. The van der Waals surface area contributed by atoms with Crippen LogP contribution in [0.2, 0.25) is 0 Å². The van der Waals surface area contributed by atoms with E-state index in [1.54, 1.807) is 0 Å². The first-order valence-corrected chi connectivity index (χ1v) is 10.4. The largest absolute Gasteiger partial charge is 0.374 e. The molecule has 136 valence electrons. The number of hydrogen-bond donors (Lipinski definition) is 1. The van der Waals surface area contributed by atoms with E-state index in [-0.39, 0.29) is 29.3 Å². The molecule has 3 fully saturated rings. The van der Waals surface area contributed by atoms with E-state index in [2.05, 4.69) is 0 Å². The second-order valence-electron chi connectivity index (χ2n) is 8.50. The molecule has 0 aliphatic heterocycles. The van der Waals surface area contributed by atoms with Crippen molar-refractivity contribution in [2.75, 3.05) is 0 Å². The van der Waals surface area contributed by atoms with E-state index in [1.807, 2.05) is 0 Å². The summed E-state index contributed by atoms with van der Waals surface area (Å²) in [6.45, 7) is 0. The highest BCUT2D eigenvalue weighted by molar-refractivity contribution is 6.12. The van der Waals surface area contributed by atoms with Crippen LogP contribution in [0.3, 0.4) is 0 Å². The Labute approximate surface area is 146 Å². The summed E-state index contributed by atoms with van der Waals surface area (Å²) in [4.78, 5) is 26.7. The smallest absolute Gasteiger partial charge is 0.184 e. The summed E-state index contributed by atoms with van der Waals surface area (Å²) >= 11 is 0. The molecule has 0 amide bonds. The topological polar surface area (TPSA) is 54.4 Å². The first-order chi connectivity index (χ1) is 11.6. The van der Waals surface area contributed by atoms with Crippen LogP contribution in [0.25, 0.3) is 0 Å². The minimum atomic E-state index is -1.68. The molecule has 3 rings (SSSR count). The van der Waals surface area contributed by atoms with Crippen LogP contribution in [0.1, 0.15) is 96.3 Å². The molecular formula is C21H34O3. The van der Waals surface area contributed by atoms with Gasteiger partial charge in [0.15, 0.2) is 17.2 Å². The molecule has 0 saturated heterocycles. The summed E-state index contributed by atoms with van der Waals surface area (Å²) < 4.78 is 0. The third-order valence-electron chi connectivity index (χ3n) is 6.90. The number of rotatable bonds is 5. The van der Waals surface area contributed by atoms with Crippen molar-refractivity contribution in [3.05, 3.63) is 0 Å². The van der Waals surface area contributed by atoms with Crippen LogP contribution in [0, 0.1) is 17.8 Å². The van der Waals surface area contributed by atoms with Crippen LogP contribution in [0.4, 0.5) is 0 Å². The molecule has 0 radical (unpaired) electrons. The molecule has 0 atom stereocenters. The highest BCUT2D eigenvalue weighted by Crippen LogP contribution is 2.41. The maximum atomic E-state index is 13.3. The highest BCUT2D eigenvalue weighted by atomic mass is 16.3. The van der Waals surface area contributed by atoms with E-state index >= 15 is 0 Å². The van der Waals surface area contributed by atoms with E-state index in [4.69, 9.17) is 0 Å². The van der Waals surface area contributed by atoms with Crippen LogP contribution >= 0.6 is 0 Å². The quantitative estimate of drug-likeness (QED) is 0.748. The minimum Gasteiger partial charge on any atom is -0.374 e. The van der Waals surface area contributed by atoms with E-state index in [0.29, 0.717) is 0 Å². The lowest BCUT2D eigenvalue weighted by atomic mass is 9.65. The lowest BCUT2D eigenvalue weighted by Crippen LogP contribution is -2.58. The van der Waals surface area contributed by atoms with Gasteiger partial charge in [-0.15, -0.1) is 0 Å². The van der Waals surface area contributed by atoms with Crippen LogP contribution < -0.4 is 0 Å². The van der Waals surface area contributed by atoms with Gasteiger partial charge < -0.3 is 5.11 Å². The van der Waals surface area contributed by atoms with Gasteiger partial charge in [0.25, 0.3) is 0 Å². The molecule has 0 aromatic heterocycles. The fraction of sp³-hybridized carbons (Fsp3) is 0.905. The zero-order valence-corrected chi connectivity index (χ0v) is 15.1. The van der Waals surface area contributed by atoms with Crippen LogP contribution in [-0.4, -0.2) is 22.3 Å². The summed E-state index contributed by atoms with van der Waals surface area (Å²) in [5, 5.41) is 11.6. The SMILES string of the molecule is O=C(C1CCCCC1)C(O)(C(=O)C1CCCCC1)C1CCCCC1. The Hall–Kier alpha value is -0.700. The molecular weight excluding hydrogens is 300 g/mol. The predicted molar refractivity (Wildman–Crippen MR) is 94.7 cm³/mol. The van der Waals surface area contributed by atoms with E-state index < -0.39 is 5.60 Å². The maximum absolute atomic E-state index is 13.3. The van der Waals surface area contributed by atoms with Crippen molar-refractivity contribution >= 4 is 11.6 Å². The molecule has 3 aliphatic carbocycles. The number of Topliss-reactive ketones (excluding diaryl/α,β-unsaturated/α-hetero) is 2. The van der Waals surface area contributed by atoms with Gasteiger partial charge in [-0.25, -0.2) is 0 Å². The molecule has 0 spiro atoms. The zero-order valence-electron chi connectivity index (χ0n) is 15.1. The second-order valence-corrected chi connectivity index (χ2v) is 8.50. The lowest BCUT2D eigenvalue weighted by molar-refractivity contribution is -0.165. The molecule has 1 N–H and O–H groups in total. The summed E-state index contributed by atoms with van der Waals surface area (Å²) in [5.41, 5.74) is -1.68. The predicted octanol–water partition coefficient (Wildman–Crippen LogP) is 4.60. The molecule has 24 heavy (non-hydrogen) atoms. The van der Waals surface area contributed by atoms with Crippen molar-refractivity contribution in [3.63, 3.8) is 0 Å². The molecule has 0 aromatic carbocycles. The number of carbonyl (C=O) groups is 2. The van der Waals surface area contributed by atoms with Gasteiger partial charge in [0.05, 0.1) is 0 Å².